The van der Waals surface area contributed by atoms with Gasteiger partial charge in [-0.3, -0.25) is 4.90 Å². The molecule has 1 aromatic rings. The first-order valence-corrected chi connectivity index (χ1v) is 5.26. The van der Waals surface area contributed by atoms with E-state index in [2.05, 4.69) is 16.9 Å². The van der Waals surface area contributed by atoms with Crippen LogP contribution in [0.5, 0.6) is 0 Å². The van der Waals surface area contributed by atoms with Crippen LogP contribution in [0, 0.1) is 18.2 Å². The molecular formula is C14H16FN. The summed E-state index contributed by atoms with van der Waals surface area (Å²) in [7, 11) is 1.99. The van der Waals surface area contributed by atoms with E-state index >= 15 is 0 Å². The van der Waals surface area contributed by atoms with Crippen LogP contribution in [0.25, 0.3) is 6.08 Å². The second-order valence-electron chi connectivity index (χ2n) is 3.68. The second-order valence-corrected chi connectivity index (χ2v) is 3.68. The summed E-state index contributed by atoms with van der Waals surface area (Å²) in [6.07, 6.45) is 10.2. The van der Waals surface area contributed by atoms with Crippen LogP contribution in [-0.4, -0.2) is 25.0 Å². The van der Waals surface area contributed by atoms with Crippen molar-refractivity contribution in [2.45, 2.75) is 6.42 Å². The van der Waals surface area contributed by atoms with Crippen molar-refractivity contribution in [1.29, 1.82) is 0 Å². The van der Waals surface area contributed by atoms with Gasteiger partial charge in [0.15, 0.2) is 0 Å². The summed E-state index contributed by atoms with van der Waals surface area (Å²) in [5.41, 5.74) is 1.01. The highest BCUT2D eigenvalue weighted by Gasteiger charge is 1.92. The number of terminal acetylenes is 1. The normalized spacial score (nSPS) is 10.9. The molecule has 0 N–H and O–H groups in total. The van der Waals surface area contributed by atoms with Gasteiger partial charge in [-0.15, -0.1) is 6.42 Å². The molecule has 0 aliphatic rings. The fourth-order valence-corrected chi connectivity index (χ4v) is 1.32. The molecule has 0 unspecified atom stereocenters. The molecule has 0 aliphatic heterocycles. The minimum Gasteiger partial charge on any atom is -0.295 e. The summed E-state index contributed by atoms with van der Waals surface area (Å²) in [6.45, 7) is 1.60. The van der Waals surface area contributed by atoms with Gasteiger partial charge in [-0.25, -0.2) is 4.39 Å². The number of nitrogens with zero attached hydrogens (tertiary/aromatic N) is 1. The van der Waals surface area contributed by atoms with Crippen molar-refractivity contribution in [2.24, 2.45) is 0 Å². The van der Waals surface area contributed by atoms with Crippen LogP contribution in [0.15, 0.2) is 30.3 Å². The standard InChI is InChI=1S/C14H16FN/c1-3-11-16(2)12-5-4-6-13-7-9-14(15)10-8-13/h1,4,6-10H,5,11-12H2,2H3/b6-4+. The maximum Gasteiger partial charge on any atom is 0.123 e. The largest absolute Gasteiger partial charge is 0.295 e. The van der Waals surface area contributed by atoms with Crippen molar-refractivity contribution < 1.29 is 4.39 Å². The van der Waals surface area contributed by atoms with E-state index in [1.807, 2.05) is 13.1 Å². The zero-order chi connectivity index (χ0) is 11.8. The molecule has 84 valence electrons. The molecule has 0 radical (unpaired) electrons. The van der Waals surface area contributed by atoms with Crippen LogP contribution >= 0.6 is 0 Å². The average Bonchev–Trinajstić information content (AvgIpc) is 2.27. The SMILES string of the molecule is C#CCN(C)CC/C=C/c1ccc(F)cc1. The lowest BCUT2D eigenvalue weighted by Gasteiger charge is -2.10. The van der Waals surface area contributed by atoms with E-state index in [0.29, 0.717) is 6.54 Å². The Morgan fingerprint density at radius 2 is 2.06 bits per heavy atom. The van der Waals surface area contributed by atoms with E-state index < -0.39 is 0 Å². The van der Waals surface area contributed by atoms with E-state index in [-0.39, 0.29) is 5.82 Å². The lowest BCUT2D eigenvalue weighted by atomic mass is 10.2. The maximum atomic E-state index is 12.6. The molecule has 16 heavy (non-hydrogen) atoms. The zero-order valence-electron chi connectivity index (χ0n) is 9.49. The first-order chi connectivity index (χ1) is 7.72. The van der Waals surface area contributed by atoms with E-state index in [9.17, 15) is 4.39 Å². The Balaban J connectivity index is 2.32. The number of benzene rings is 1. The predicted molar refractivity (Wildman–Crippen MR) is 66.4 cm³/mol. The summed E-state index contributed by atoms with van der Waals surface area (Å²) in [5.74, 6) is 2.39. The minimum absolute atomic E-state index is 0.203. The number of hydrogen-bond acceptors (Lipinski definition) is 1. The van der Waals surface area contributed by atoms with Gasteiger partial charge < -0.3 is 0 Å². The lowest BCUT2D eigenvalue weighted by molar-refractivity contribution is 0.384. The molecule has 0 atom stereocenters. The van der Waals surface area contributed by atoms with Crippen LogP contribution in [0.3, 0.4) is 0 Å². The van der Waals surface area contributed by atoms with Crippen molar-refractivity contribution in [3.63, 3.8) is 0 Å². The summed E-state index contributed by atoms with van der Waals surface area (Å²) in [4.78, 5) is 2.08. The minimum atomic E-state index is -0.203. The fourth-order valence-electron chi connectivity index (χ4n) is 1.32. The van der Waals surface area contributed by atoms with Crippen molar-refractivity contribution >= 4 is 6.08 Å². The Morgan fingerprint density at radius 1 is 1.38 bits per heavy atom. The Bertz CT molecular complexity index is 373. The summed E-state index contributed by atoms with van der Waals surface area (Å²) in [5, 5.41) is 0. The Labute approximate surface area is 96.6 Å². The summed E-state index contributed by atoms with van der Waals surface area (Å²) < 4.78 is 12.6. The van der Waals surface area contributed by atoms with Crippen LogP contribution in [0.4, 0.5) is 4.39 Å². The van der Waals surface area contributed by atoms with E-state index in [1.165, 1.54) is 12.1 Å². The molecule has 0 heterocycles. The summed E-state index contributed by atoms with van der Waals surface area (Å²) in [6, 6.07) is 6.45. The molecule has 0 amide bonds. The zero-order valence-corrected chi connectivity index (χ0v) is 9.49. The molecule has 0 aromatic heterocycles. The van der Waals surface area contributed by atoms with Crippen molar-refractivity contribution in [3.8, 4) is 12.3 Å². The van der Waals surface area contributed by atoms with Gasteiger partial charge in [0.2, 0.25) is 0 Å². The molecule has 0 fully saturated rings. The van der Waals surface area contributed by atoms with Crippen molar-refractivity contribution in [1.82, 2.24) is 4.90 Å². The third-order valence-corrected chi connectivity index (χ3v) is 2.22. The molecule has 0 saturated carbocycles. The molecule has 0 aliphatic carbocycles. The quantitative estimate of drug-likeness (QED) is 0.685. The van der Waals surface area contributed by atoms with Crippen molar-refractivity contribution in [2.75, 3.05) is 20.1 Å². The molecule has 0 bridgehead atoms. The second kappa shape index (κ2) is 6.81. The van der Waals surface area contributed by atoms with E-state index in [0.717, 1.165) is 18.5 Å². The molecular weight excluding hydrogens is 201 g/mol. The first kappa shape index (κ1) is 12.5. The predicted octanol–water partition coefficient (Wildman–Crippen LogP) is 2.79. The van der Waals surface area contributed by atoms with Gasteiger partial charge in [0.1, 0.15) is 5.82 Å². The smallest absolute Gasteiger partial charge is 0.123 e. The van der Waals surface area contributed by atoms with E-state index in [4.69, 9.17) is 6.42 Å². The highest BCUT2D eigenvalue weighted by molar-refractivity contribution is 5.48. The van der Waals surface area contributed by atoms with Crippen molar-refractivity contribution in [3.05, 3.63) is 41.7 Å². The van der Waals surface area contributed by atoms with Crippen LogP contribution in [0.1, 0.15) is 12.0 Å². The number of hydrogen-bond donors (Lipinski definition) is 0. The van der Waals surface area contributed by atoms with Gasteiger partial charge in [0, 0.05) is 6.54 Å². The Hall–Kier alpha value is -1.59. The van der Waals surface area contributed by atoms with Crippen LogP contribution in [0.2, 0.25) is 0 Å². The number of halogens is 1. The third-order valence-electron chi connectivity index (χ3n) is 2.22. The fraction of sp³-hybridized carbons (Fsp3) is 0.286. The van der Waals surface area contributed by atoms with Gasteiger partial charge in [0.25, 0.3) is 0 Å². The third kappa shape index (κ3) is 4.77. The molecule has 1 aromatic carbocycles. The highest BCUT2D eigenvalue weighted by Crippen LogP contribution is 2.05. The first-order valence-electron chi connectivity index (χ1n) is 5.26. The van der Waals surface area contributed by atoms with Gasteiger partial charge >= 0.3 is 0 Å². The maximum absolute atomic E-state index is 12.6. The van der Waals surface area contributed by atoms with Gasteiger partial charge in [-0.2, -0.15) is 0 Å². The van der Waals surface area contributed by atoms with Gasteiger partial charge in [0.05, 0.1) is 6.54 Å². The highest BCUT2D eigenvalue weighted by atomic mass is 19.1. The molecule has 1 rings (SSSR count). The number of rotatable bonds is 5. The van der Waals surface area contributed by atoms with Gasteiger partial charge in [-0.05, 0) is 31.2 Å². The average molecular weight is 217 g/mol. The van der Waals surface area contributed by atoms with Gasteiger partial charge in [-0.1, -0.05) is 30.2 Å². The molecule has 1 nitrogen and oxygen atoms in total. The van der Waals surface area contributed by atoms with Crippen LogP contribution in [-0.2, 0) is 0 Å². The Kier molecular flexibility index (Phi) is 5.31. The molecule has 2 heteroatoms. The molecule has 0 saturated heterocycles. The van der Waals surface area contributed by atoms with Crippen LogP contribution < -0.4 is 0 Å². The van der Waals surface area contributed by atoms with E-state index in [1.54, 1.807) is 12.1 Å². The summed E-state index contributed by atoms with van der Waals surface area (Å²) >= 11 is 0. The lowest BCUT2D eigenvalue weighted by Crippen LogP contribution is -2.19. The molecule has 0 spiro atoms. The monoisotopic (exact) mass is 217 g/mol. The topological polar surface area (TPSA) is 3.24 Å². The Morgan fingerprint density at radius 3 is 2.69 bits per heavy atom.